The minimum absolute atomic E-state index is 0.0197. The number of nitrogens with one attached hydrogen (secondary N) is 1. The van der Waals surface area contributed by atoms with Crippen molar-refractivity contribution in [2.75, 3.05) is 5.32 Å². The van der Waals surface area contributed by atoms with Gasteiger partial charge in [-0.05, 0) is 38.5 Å². The molecular formula is C15H17BrN2OS. The first-order valence-electron chi connectivity index (χ1n) is 6.44. The summed E-state index contributed by atoms with van der Waals surface area (Å²) in [6.07, 6.45) is 1.15. The fraction of sp³-hybridized carbons (Fsp3) is 0.333. The zero-order valence-electron chi connectivity index (χ0n) is 11.8. The van der Waals surface area contributed by atoms with Gasteiger partial charge in [0.25, 0.3) is 0 Å². The first kappa shape index (κ1) is 15.2. The summed E-state index contributed by atoms with van der Waals surface area (Å²) in [4.78, 5) is 17.6. The molecule has 0 bridgehead atoms. The number of anilines is 1. The third-order valence-electron chi connectivity index (χ3n) is 3.09. The Morgan fingerprint density at radius 3 is 2.70 bits per heavy atom. The van der Waals surface area contributed by atoms with Crippen LogP contribution in [0.5, 0.6) is 0 Å². The van der Waals surface area contributed by atoms with Crippen LogP contribution in [0.25, 0.3) is 0 Å². The molecule has 1 aromatic heterocycles. The van der Waals surface area contributed by atoms with Gasteiger partial charge in [0.05, 0.1) is 10.7 Å². The van der Waals surface area contributed by atoms with E-state index in [1.54, 1.807) is 11.3 Å². The summed E-state index contributed by atoms with van der Waals surface area (Å²) in [5.74, 6) is 0.0197. The van der Waals surface area contributed by atoms with E-state index in [0.717, 1.165) is 26.4 Å². The van der Waals surface area contributed by atoms with Crippen LogP contribution >= 0.6 is 27.3 Å². The van der Waals surface area contributed by atoms with Crippen LogP contribution in [-0.4, -0.2) is 10.9 Å². The molecule has 1 N–H and O–H groups in total. The largest absolute Gasteiger partial charge is 0.326 e. The number of benzene rings is 1. The first-order valence-corrected chi connectivity index (χ1v) is 8.05. The van der Waals surface area contributed by atoms with Gasteiger partial charge in [-0.15, -0.1) is 11.3 Å². The van der Waals surface area contributed by atoms with Crippen LogP contribution in [0.4, 0.5) is 5.69 Å². The molecule has 0 saturated heterocycles. The van der Waals surface area contributed by atoms with E-state index >= 15 is 0 Å². The molecule has 3 nitrogen and oxygen atoms in total. The molecule has 1 heterocycles. The molecule has 0 spiro atoms. The van der Waals surface area contributed by atoms with Crippen LogP contribution < -0.4 is 5.32 Å². The third-order valence-corrected chi connectivity index (χ3v) is 5.08. The van der Waals surface area contributed by atoms with Crippen molar-refractivity contribution in [3.8, 4) is 0 Å². The highest BCUT2D eigenvalue weighted by Gasteiger charge is 2.08. The van der Waals surface area contributed by atoms with Crippen LogP contribution in [0, 0.1) is 20.8 Å². The number of thiazole rings is 1. The second-order valence-corrected chi connectivity index (χ2v) is 6.90. The van der Waals surface area contributed by atoms with Crippen molar-refractivity contribution in [3.05, 3.63) is 43.8 Å². The van der Waals surface area contributed by atoms with Crippen molar-refractivity contribution >= 4 is 38.9 Å². The maximum atomic E-state index is 11.9. The topological polar surface area (TPSA) is 42.0 Å². The maximum Gasteiger partial charge on any atom is 0.224 e. The molecule has 20 heavy (non-hydrogen) atoms. The van der Waals surface area contributed by atoms with Crippen molar-refractivity contribution in [2.45, 2.75) is 33.6 Å². The highest BCUT2D eigenvalue weighted by atomic mass is 79.9. The van der Waals surface area contributed by atoms with Crippen molar-refractivity contribution in [1.29, 1.82) is 0 Å². The van der Waals surface area contributed by atoms with Gasteiger partial charge in [0.15, 0.2) is 0 Å². The van der Waals surface area contributed by atoms with E-state index in [2.05, 4.69) is 33.2 Å². The van der Waals surface area contributed by atoms with Gasteiger partial charge in [-0.3, -0.25) is 4.79 Å². The lowest BCUT2D eigenvalue weighted by Gasteiger charge is -2.06. The number of aryl methyl sites for hydroxylation is 4. The van der Waals surface area contributed by atoms with Gasteiger partial charge in [-0.1, -0.05) is 22.0 Å². The molecule has 0 saturated carbocycles. The normalized spacial score (nSPS) is 10.6. The quantitative estimate of drug-likeness (QED) is 0.885. The van der Waals surface area contributed by atoms with Gasteiger partial charge in [-0.2, -0.15) is 0 Å². The Balaban J connectivity index is 1.90. The predicted octanol–water partition coefficient (Wildman–Crippen LogP) is 4.40. The molecule has 0 aliphatic heterocycles. The number of halogens is 1. The molecule has 0 aliphatic carbocycles. The van der Waals surface area contributed by atoms with Gasteiger partial charge in [-0.25, -0.2) is 4.98 Å². The summed E-state index contributed by atoms with van der Waals surface area (Å²) in [6, 6.07) is 5.81. The second kappa shape index (κ2) is 6.50. The van der Waals surface area contributed by atoms with E-state index < -0.39 is 0 Å². The molecule has 0 atom stereocenters. The number of hydrogen-bond donors (Lipinski definition) is 1. The molecule has 0 radical (unpaired) electrons. The Morgan fingerprint density at radius 2 is 2.10 bits per heavy atom. The molecule has 0 fully saturated rings. The van der Waals surface area contributed by atoms with Gasteiger partial charge in [0.1, 0.15) is 0 Å². The molecule has 2 aromatic rings. The third kappa shape index (κ3) is 3.90. The summed E-state index contributed by atoms with van der Waals surface area (Å²) in [5, 5.41) is 3.94. The van der Waals surface area contributed by atoms with E-state index in [1.165, 1.54) is 4.88 Å². The lowest BCUT2D eigenvalue weighted by atomic mass is 10.2. The standard InChI is InChI=1S/C15H17BrN2OS/c1-9-4-5-12(8-13(9)16)18-14(19)6-7-15-17-10(2)11(3)20-15/h4-5,8H,6-7H2,1-3H3,(H,18,19). The van der Waals surface area contributed by atoms with Crippen LogP contribution in [0.2, 0.25) is 0 Å². The van der Waals surface area contributed by atoms with Crippen molar-refractivity contribution in [3.63, 3.8) is 0 Å². The average molecular weight is 353 g/mol. The molecule has 2 rings (SSSR count). The molecule has 0 unspecified atom stereocenters. The van der Waals surface area contributed by atoms with E-state index in [1.807, 2.05) is 32.0 Å². The summed E-state index contributed by atoms with van der Waals surface area (Å²) in [7, 11) is 0. The van der Waals surface area contributed by atoms with E-state index in [4.69, 9.17) is 0 Å². The Kier molecular flexibility index (Phi) is 4.94. The van der Waals surface area contributed by atoms with Gasteiger partial charge in [0, 0.05) is 27.9 Å². The summed E-state index contributed by atoms with van der Waals surface area (Å²) in [6.45, 7) is 6.07. The zero-order valence-corrected chi connectivity index (χ0v) is 14.2. The fourth-order valence-electron chi connectivity index (χ4n) is 1.76. The number of hydrogen-bond acceptors (Lipinski definition) is 3. The second-order valence-electron chi connectivity index (χ2n) is 4.76. The number of amides is 1. The SMILES string of the molecule is Cc1ccc(NC(=O)CCc2nc(C)c(C)s2)cc1Br. The zero-order chi connectivity index (χ0) is 14.7. The van der Waals surface area contributed by atoms with Gasteiger partial charge >= 0.3 is 0 Å². The number of nitrogens with zero attached hydrogens (tertiary/aromatic N) is 1. The molecule has 106 valence electrons. The van der Waals surface area contributed by atoms with Gasteiger partial charge in [0.2, 0.25) is 5.91 Å². The Hall–Kier alpha value is -1.20. The summed E-state index contributed by atoms with van der Waals surface area (Å²) < 4.78 is 1.00. The highest BCUT2D eigenvalue weighted by Crippen LogP contribution is 2.21. The van der Waals surface area contributed by atoms with Crippen LogP contribution in [0.3, 0.4) is 0 Å². The molecule has 1 aromatic carbocycles. The minimum Gasteiger partial charge on any atom is -0.326 e. The monoisotopic (exact) mass is 352 g/mol. The number of aromatic nitrogens is 1. The van der Waals surface area contributed by atoms with Crippen molar-refractivity contribution in [2.24, 2.45) is 0 Å². The summed E-state index contributed by atoms with van der Waals surface area (Å²) in [5.41, 5.74) is 3.03. The molecular weight excluding hydrogens is 336 g/mol. The number of carbonyl (C=O) groups excluding carboxylic acids is 1. The van der Waals surface area contributed by atoms with Crippen molar-refractivity contribution < 1.29 is 4.79 Å². The Bertz CT molecular complexity index is 617. The predicted molar refractivity (Wildman–Crippen MR) is 87.4 cm³/mol. The Morgan fingerprint density at radius 1 is 1.35 bits per heavy atom. The molecule has 1 amide bonds. The van der Waals surface area contributed by atoms with E-state index in [-0.39, 0.29) is 5.91 Å². The average Bonchev–Trinajstić information content (AvgIpc) is 2.71. The lowest BCUT2D eigenvalue weighted by Crippen LogP contribution is -2.12. The van der Waals surface area contributed by atoms with Crippen LogP contribution in [0.1, 0.15) is 27.6 Å². The summed E-state index contributed by atoms with van der Waals surface area (Å²) >= 11 is 5.13. The number of carbonyl (C=O) groups is 1. The minimum atomic E-state index is 0.0197. The van der Waals surface area contributed by atoms with Gasteiger partial charge < -0.3 is 5.32 Å². The highest BCUT2D eigenvalue weighted by molar-refractivity contribution is 9.10. The van der Waals surface area contributed by atoms with E-state index in [9.17, 15) is 4.79 Å². The lowest BCUT2D eigenvalue weighted by molar-refractivity contribution is -0.116. The van der Waals surface area contributed by atoms with Crippen LogP contribution in [-0.2, 0) is 11.2 Å². The smallest absolute Gasteiger partial charge is 0.224 e. The molecule has 0 aliphatic rings. The maximum absolute atomic E-state index is 11.9. The first-order chi connectivity index (χ1) is 9.45. The van der Waals surface area contributed by atoms with Crippen molar-refractivity contribution in [1.82, 2.24) is 4.98 Å². The van der Waals surface area contributed by atoms with E-state index in [0.29, 0.717) is 12.8 Å². The number of rotatable bonds is 4. The fourth-order valence-corrected chi connectivity index (χ4v) is 3.07. The molecule has 5 heteroatoms. The Labute approximate surface area is 131 Å². The van der Waals surface area contributed by atoms with Crippen LogP contribution in [0.15, 0.2) is 22.7 Å².